The number of ether oxygens (including phenoxy) is 1. The van der Waals surface area contributed by atoms with E-state index < -0.39 is 0 Å². The van der Waals surface area contributed by atoms with E-state index in [0.717, 1.165) is 48.0 Å². The highest BCUT2D eigenvalue weighted by Crippen LogP contribution is 2.55. The van der Waals surface area contributed by atoms with Gasteiger partial charge in [-0.1, -0.05) is 26.8 Å². The molecule has 0 spiro atoms. The number of fused-ring (bicyclic) bond motifs is 1. The topological polar surface area (TPSA) is 43.4 Å². The standard InChI is InChI=1S/C19H20O3/c1-10(2)13-9-14(20)15-11(13)6-8-19(3)7-4-5-12-16(19)17(15)22-18(12)21/h6,9-10H,4-5,7-8H2,1-3H3. The number of ketones is 1. The summed E-state index contributed by atoms with van der Waals surface area (Å²) in [5.41, 5.74) is 4.41. The SMILES string of the molecule is CC(C)C1=CC(=O)C2=C3OC(=O)C4=C3C(C)(CC=C12)CCC4. The zero-order valence-corrected chi connectivity index (χ0v) is 13.3. The molecule has 4 aliphatic rings. The maximum Gasteiger partial charge on any atom is 0.339 e. The highest BCUT2D eigenvalue weighted by Gasteiger charge is 2.48. The van der Waals surface area contributed by atoms with Crippen LogP contribution in [0.15, 0.2) is 45.8 Å². The van der Waals surface area contributed by atoms with Crippen molar-refractivity contribution in [2.24, 2.45) is 11.3 Å². The molecule has 3 nitrogen and oxygen atoms in total. The molecule has 0 saturated heterocycles. The van der Waals surface area contributed by atoms with Crippen molar-refractivity contribution in [2.45, 2.75) is 46.5 Å². The second-order valence-electron chi connectivity index (χ2n) is 7.30. The summed E-state index contributed by atoms with van der Waals surface area (Å²) in [5.74, 6) is 0.589. The Morgan fingerprint density at radius 1 is 1.27 bits per heavy atom. The van der Waals surface area contributed by atoms with Crippen molar-refractivity contribution in [3.05, 3.63) is 45.8 Å². The maximum absolute atomic E-state index is 12.6. The van der Waals surface area contributed by atoms with Crippen molar-refractivity contribution in [1.82, 2.24) is 0 Å². The molecule has 1 heterocycles. The monoisotopic (exact) mass is 296 g/mol. The molecule has 0 aromatic carbocycles. The lowest BCUT2D eigenvalue weighted by Crippen LogP contribution is -2.23. The Morgan fingerprint density at radius 3 is 2.77 bits per heavy atom. The summed E-state index contributed by atoms with van der Waals surface area (Å²) in [7, 11) is 0. The molecule has 0 radical (unpaired) electrons. The highest BCUT2D eigenvalue weighted by atomic mass is 16.5. The van der Waals surface area contributed by atoms with Crippen LogP contribution in [0.3, 0.4) is 0 Å². The molecule has 0 aromatic heterocycles. The summed E-state index contributed by atoms with van der Waals surface area (Å²) in [6.45, 7) is 6.39. The fourth-order valence-electron chi connectivity index (χ4n) is 4.30. The molecule has 0 fully saturated rings. The summed E-state index contributed by atoms with van der Waals surface area (Å²) >= 11 is 0. The molecule has 0 amide bonds. The van der Waals surface area contributed by atoms with Crippen LogP contribution < -0.4 is 0 Å². The van der Waals surface area contributed by atoms with Gasteiger partial charge in [0.15, 0.2) is 5.78 Å². The van der Waals surface area contributed by atoms with Crippen LogP contribution >= 0.6 is 0 Å². The van der Waals surface area contributed by atoms with Gasteiger partial charge in [0.05, 0.1) is 5.57 Å². The third-order valence-corrected chi connectivity index (χ3v) is 5.45. The van der Waals surface area contributed by atoms with Crippen molar-refractivity contribution in [3.8, 4) is 0 Å². The predicted octanol–water partition coefficient (Wildman–Crippen LogP) is 3.78. The number of esters is 1. The van der Waals surface area contributed by atoms with E-state index in [1.165, 1.54) is 0 Å². The number of hydrogen-bond donors (Lipinski definition) is 0. The molecular formula is C19H20O3. The summed E-state index contributed by atoms with van der Waals surface area (Å²) in [5, 5.41) is 0. The largest absolute Gasteiger partial charge is 0.422 e. The van der Waals surface area contributed by atoms with Gasteiger partial charge in [-0.25, -0.2) is 4.79 Å². The molecule has 0 aromatic rings. The number of rotatable bonds is 1. The molecule has 0 bridgehead atoms. The highest BCUT2D eigenvalue weighted by molar-refractivity contribution is 6.15. The predicted molar refractivity (Wildman–Crippen MR) is 82.7 cm³/mol. The molecule has 0 N–H and O–H groups in total. The van der Waals surface area contributed by atoms with Crippen LogP contribution in [0.4, 0.5) is 0 Å². The Kier molecular flexibility index (Phi) is 2.69. The van der Waals surface area contributed by atoms with Gasteiger partial charge in [-0.15, -0.1) is 0 Å². The summed E-state index contributed by atoms with van der Waals surface area (Å²) in [4.78, 5) is 24.8. The van der Waals surface area contributed by atoms with Crippen molar-refractivity contribution in [3.63, 3.8) is 0 Å². The first-order valence-corrected chi connectivity index (χ1v) is 8.09. The number of allylic oxidation sites excluding steroid dienone is 6. The lowest BCUT2D eigenvalue weighted by molar-refractivity contribution is -0.133. The molecule has 4 rings (SSSR count). The van der Waals surface area contributed by atoms with E-state index >= 15 is 0 Å². The maximum atomic E-state index is 12.6. The Hall–Kier alpha value is -1.90. The summed E-state index contributed by atoms with van der Waals surface area (Å²) in [6.07, 6.45) is 7.60. The van der Waals surface area contributed by atoms with Crippen molar-refractivity contribution < 1.29 is 14.3 Å². The third kappa shape index (κ3) is 1.62. The fraction of sp³-hybridized carbons (Fsp3) is 0.474. The first kappa shape index (κ1) is 13.7. The lowest BCUT2D eigenvalue weighted by Gasteiger charge is -2.33. The molecule has 0 saturated carbocycles. The van der Waals surface area contributed by atoms with Gasteiger partial charge in [-0.05, 0) is 48.8 Å². The van der Waals surface area contributed by atoms with Gasteiger partial charge >= 0.3 is 5.97 Å². The van der Waals surface area contributed by atoms with Crippen molar-refractivity contribution in [1.29, 1.82) is 0 Å². The van der Waals surface area contributed by atoms with Gasteiger partial charge < -0.3 is 4.74 Å². The van der Waals surface area contributed by atoms with Crippen molar-refractivity contribution >= 4 is 11.8 Å². The van der Waals surface area contributed by atoms with Crippen LogP contribution in [0.1, 0.15) is 46.5 Å². The first-order chi connectivity index (χ1) is 10.4. The second kappa shape index (κ2) is 4.31. The van der Waals surface area contributed by atoms with Crippen LogP contribution in [0.5, 0.6) is 0 Å². The zero-order valence-electron chi connectivity index (χ0n) is 13.3. The van der Waals surface area contributed by atoms with Gasteiger partial charge in [0, 0.05) is 16.6 Å². The van der Waals surface area contributed by atoms with Crippen molar-refractivity contribution in [2.75, 3.05) is 0 Å². The fourth-order valence-corrected chi connectivity index (χ4v) is 4.30. The Bertz CT molecular complexity index is 743. The third-order valence-electron chi connectivity index (χ3n) is 5.45. The number of hydrogen-bond acceptors (Lipinski definition) is 3. The average Bonchev–Trinajstić information content (AvgIpc) is 2.91. The second-order valence-corrected chi connectivity index (χ2v) is 7.30. The molecule has 3 aliphatic carbocycles. The number of carbonyl (C=O) groups excluding carboxylic acids is 2. The van der Waals surface area contributed by atoms with E-state index in [2.05, 4.69) is 26.8 Å². The van der Waals surface area contributed by atoms with E-state index in [-0.39, 0.29) is 23.1 Å². The van der Waals surface area contributed by atoms with Gasteiger partial charge in [-0.3, -0.25) is 4.79 Å². The molecule has 22 heavy (non-hydrogen) atoms. The van der Waals surface area contributed by atoms with E-state index in [4.69, 9.17) is 4.74 Å². The van der Waals surface area contributed by atoms with Gasteiger partial charge in [0.25, 0.3) is 0 Å². The first-order valence-electron chi connectivity index (χ1n) is 8.09. The number of carbonyl (C=O) groups is 2. The quantitative estimate of drug-likeness (QED) is 0.692. The van der Waals surface area contributed by atoms with Crippen LogP contribution in [-0.2, 0) is 14.3 Å². The van der Waals surface area contributed by atoms with E-state index in [0.29, 0.717) is 11.3 Å². The summed E-state index contributed by atoms with van der Waals surface area (Å²) in [6, 6.07) is 0. The van der Waals surface area contributed by atoms with Gasteiger partial charge in [0.2, 0.25) is 0 Å². The van der Waals surface area contributed by atoms with Crippen LogP contribution in [-0.4, -0.2) is 11.8 Å². The Morgan fingerprint density at radius 2 is 2.05 bits per heavy atom. The lowest BCUT2D eigenvalue weighted by atomic mass is 9.69. The molecule has 1 aliphatic heterocycles. The van der Waals surface area contributed by atoms with Gasteiger partial charge in [-0.2, -0.15) is 0 Å². The van der Waals surface area contributed by atoms with Crippen LogP contribution in [0.25, 0.3) is 0 Å². The minimum absolute atomic E-state index is 0.0127. The minimum atomic E-state index is -0.240. The summed E-state index contributed by atoms with van der Waals surface area (Å²) < 4.78 is 5.61. The Balaban J connectivity index is 1.99. The average molecular weight is 296 g/mol. The van der Waals surface area contributed by atoms with Gasteiger partial charge in [0.1, 0.15) is 5.76 Å². The molecule has 1 unspecified atom stereocenters. The molecule has 3 heteroatoms. The van der Waals surface area contributed by atoms with E-state index in [1.54, 1.807) is 6.08 Å². The van der Waals surface area contributed by atoms with Crippen LogP contribution in [0, 0.1) is 11.3 Å². The molecule has 114 valence electrons. The normalized spacial score (nSPS) is 30.2. The smallest absolute Gasteiger partial charge is 0.339 e. The van der Waals surface area contributed by atoms with E-state index in [1.807, 2.05) is 0 Å². The Labute approximate surface area is 130 Å². The molecule has 1 atom stereocenters. The molecular weight excluding hydrogens is 276 g/mol. The minimum Gasteiger partial charge on any atom is -0.422 e. The van der Waals surface area contributed by atoms with E-state index in [9.17, 15) is 9.59 Å². The zero-order chi connectivity index (χ0) is 15.6. The van der Waals surface area contributed by atoms with Crippen LogP contribution in [0.2, 0.25) is 0 Å².